The highest BCUT2D eigenvalue weighted by molar-refractivity contribution is 7.15. The third-order valence-corrected chi connectivity index (χ3v) is 6.92. The summed E-state index contributed by atoms with van der Waals surface area (Å²) in [5, 5.41) is 0.787. The van der Waals surface area contributed by atoms with Gasteiger partial charge in [-0.15, -0.1) is 11.3 Å². The second-order valence-electron chi connectivity index (χ2n) is 7.62. The zero-order valence-corrected chi connectivity index (χ0v) is 12.8. The third-order valence-electron chi connectivity index (χ3n) is 5.73. The van der Waals surface area contributed by atoms with Gasteiger partial charge in [0, 0.05) is 10.3 Å². The van der Waals surface area contributed by atoms with Crippen molar-refractivity contribution in [3.8, 4) is 0 Å². The molecule has 1 heterocycles. The van der Waals surface area contributed by atoms with Gasteiger partial charge in [-0.1, -0.05) is 13.8 Å². The topological polar surface area (TPSA) is 38.9 Å². The number of anilines is 1. The first-order valence-electron chi connectivity index (χ1n) is 7.82. The van der Waals surface area contributed by atoms with Crippen LogP contribution in [0.25, 0.3) is 0 Å². The molecule has 3 heteroatoms. The number of hydrogen-bond donors (Lipinski definition) is 1. The number of rotatable bonds is 2. The molecule has 0 aliphatic heterocycles. The number of thiazole rings is 1. The van der Waals surface area contributed by atoms with E-state index in [-0.39, 0.29) is 0 Å². The summed E-state index contributed by atoms with van der Waals surface area (Å²) in [5.41, 5.74) is 7.86. The van der Waals surface area contributed by atoms with Crippen LogP contribution in [0.3, 0.4) is 0 Å². The molecule has 0 radical (unpaired) electrons. The van der Waals surface area contributed by atoms with Crippen LogP contribution in [0.1, 0.15) is 68.9 Å². The summed E-state index contributed by atoms with van der Waals surface area (Å²) in [4.78, 5) is 6.29. The van der Waals surface area contributed by atoms with Crippen LogP contribution < -0.4 is 5.73 Å². The summed E-state index contributed by atoms with van der Waals surface area (Å²) in [7, 11) is 0. The normalized spacial score (nSPS) is 40.3. The number of nitrogens with zero attached hydrogens (tertiary/aromatic N) is 1. The van der Waals surface area contributed by atoms with Crippen molar-refractivity contribution in [1.82, 2.24) is 4.98 Å². The molecule has 4 saturated carbocycles. The van der Waals surface area contributed by atoms with Gasteiger partial charge >= 0.3 is 0 Å². The average Bonchev–Trinajstić information content (AvgIpc) is 2.70. The van der Waals surface area contributed by atoms with Gasteiger partial charge in [-0.05, 0) is 62.2 Å². The SMILES string of the molecule is CC(C)c1sc(N)nc1C12CC3CC(CC(C3)C1)C2. The van der Waals surface area contributed by atoms with Crippen LogP contribution in [0, 0.1) is 17.8 Å². The summed E-state index contributed by atoms with van der Waals surface area (Å²) in [6.07, 6.45) is 8.66. The molecule has 4 bridgehead atoms. The molecule has 4 aliphatic rings. The van der Waals surface area contributed by atoms with Gasteiger partial charge in [0.15, 0.2) is 5.13 Å². The van der Waals surface area contributed by atoms with E-state index in [4.69, 9.17) is 10.7 Å². The Bertz CT molecular complexity index is 468. The highest BCUT2D eigenvalue weighted by Gasteiger charge is 2.53. The fraction of sp³-hybridized carbons (Fsp3) is 0.812. The molecular weight excluding hydrogens is 252 g/mol. The zero-order valence-electron chi connectivity index (χ0n) is 12.0. The van der Waals surface area contributed by atoms with Crippen LogP contribution in [-0.2, 0) is 5.41 Å². The molecule has 0 unspecified atom stereocenters. The van der Waals surface area contributed by atoms with Crippen molar-refractivity contribution >= 4 is 16.5 Å². The van der Waals surface area contributed by atoms with Crippen molar-refractivity contribution in [3.63, 3.8) is 0 Å². The van der Waals surface area contributed by atoms with Crippen LogP contribution in [0.5, 0.6) is 0 Å². The van der Waals surface area contributed by atoms with Crippen LogP contribution in [0.15, 0.2) is 0 Å². The van der Waals surface area contributed by atoms with Crippen LogP contribution >= 0.6 is 11.3 Å². The Morgan fingerprint density at radius 3 is 2.11 bits per heavy atom. The van der Waals surface area contributed by atoms with E-state index in [2.05, 4.69) is 13.8 Å². The summed E-state index contributed by atoms with van der Waals surface area (Å²) < 4.78 is 0. The maximum absolute atomic E-state index is 6.04. The first kappa shape index (κ1) is 12.2. The molecular formula is C16H24N2S. The van der Waals surface area contributed by atoms with Gasteiger partial charge in [0.1, 0.15) is 0 Å². The van der Waals surface area contributed by atoms with Crippen molar-refractivity contribution in [1.29, 1.82) is 0 Å². The largest absolute Gasteiger partial charge is 0.375 e. The van der Waals surface area contributed by atoms with E-state index in [1.165, 1.54) is 49.1 Å². The molecule has 0 aromatic carbocycles. The molecule has 0 spiro atoms. The second-order valence-corrected chi connectivity index (χ2v) is 8.68. The third kappa shape index (κ3) is 1.77. The monoisotopic (exact) mass is 276 g/mol. The van der Waals surface area contributed by atoms with E-state index < -0.39 is 0 Å². The zero-order chi connectivity index (χ0) is 13.2. The molecule has 0 atom stereocenters. The number of nitrogen functional groups attached to an aromatic ring is 1. The van der Waals surface area contributed by atoms with Crippen LogP contribution in [0.2, 0.25) is 0 Å². The molecule has 0 amide bonds. The van der Waals surface area contributed by atoms with E-state index >= 15 is 0 Å². The molecule has 2 N–H and O–H groups in total. The smallest absolute Gasteiger partial charge is 0.180 e. The highest BCUT2D eigenvalue weighted by atomic mass is 32.1. The lowest BCUT2D eigenvalue weighted by molar-refractivity contribution is -0.00735. The van der Waals surface area contributed by atoms with Gasteiger partial charge in [0.05, 0.1) is 5.69 Å². The van der Waals surface area contributed by atoms with E-state index in [1.807, 2.05) is 0 Å². The minimum Gasteiger partial charge on any atom is -0.375 e. The predicted molar refractivity (Wildman–Crippen MR) is 80.5 cm³/mol. The standard InChI is InChI=1S/C16H24N2S/c1-9(2)13-14(18-15(17)19-13)16-6-10-3-11(7-16)5-12(4-10)8-16/h9-12H,3-8H2,1-2H3,(H2,17,18). The van der Waals surface area contributed by atoms with E-state index in [9.17, 15) is 0 Å². The van der Waals surface area contributed by atoms with E-state index in [0.29, 0.717) is 11.3 Å². The van der Waals surface area contributed by atoms with Gasteiger partial charge in [-0.3, -0.25) is 0 Å². The Morgan fingerprint density at radius 1 is 1.11 bits per heavy atom. The van der Waals surface area contributed by atoms with Crippen molar-refractivity contribution in [3.05, 3.63) is 10.6 Å². The average molecular weight is 276 g/mol. The minimum absolute atomic E-state index is 0.405. The van der Waals surface area contributed by atoms with Gasteiger partial charge in [0.25, 0.3) is 0 Å². The summed E-state index contributed by atoms with van der Waals surface area (Å²) >= 11 is 1.74. The molecule has 4 aliphatic carbocycles. The molecule has 2 nitrogen and oxygen atoms in total. The van der Waals surface area contributed by atoms with Crippen molar-refractivity contribution in [2.45, 2.75) is 63.7 Å². The number of nitrogens with two attached hydrogens (primary N) is 1. The summed E-state index contributed by atoms with van der Waals surface area (Å²) in [5.74, 6) is 3.51. The lowest BCUT2D eigenvalue weighted by atomic mass is 9.48. The minimum atomic E-state index is 0.405. The number of hydrogen-bond acceptors (Lipinski definition) is 3. The fourth-order valence-electron chi connectivity index (χ4n) is 5.52. The predicted octanol–water partition coefficient (Wildman–Crippen LogP) is 4.32. The lowest BCUT2D eigenvalue weighted by Crippen LogP contribution is -2.49. The lowest BCUT2D eigenvalue weighted by Gasteiger charge is -2.56. The van der Waals surface area contributed by atoms with Crippen LogP contribution in [0.4, 0.5) is 5.13 Å². The van der Waals surface area contributed by atoms with Crippen molar-refractivity contribution in [2.24, 2.45) is 17.8 Å². The van der Waals surface area contributed by atoms with Gasteiger partial charge in [-0.25, -0.2) is 4.98 Å². The molecule has 1 aromatic rings. The maximum Gasteiger partial charge on any atom is 0.180 e. The summed E-state index contributed by atoms with van der Waals surface area (Å²) in [6.45, 7) is 4.58. The van der Waals surface area contributed by atoms with Gasteiger partial charge in [-0.2, -0.15) is 0 Å². The van der Waals surface area contributed by atoms with Gasteiger partial charge < -0.3 is 5.73 Å². The Hall–Kier alpha value is -0.570. The Balaban J connectivity index is 1.79. The van der Waals surface area contributed by atoms with E-state index in [1.54, 1.807) is 11.3 Å². The van der Waals surface area contributed by atoms with E-state index in [0.717, 1.165) is 22.9 Å². The molecule has 5 rings (SSSR count). The quantitative estimate of drug-likeness (QED) is 0.874. The fourth-order valence-corrected chi connectivity index (χ4v) is 6.48. The Morgan fingerprint density at radius 2 is 1.63 bits per heavy atom. The first-order chi connectivity index (χ1) is 9.06. The molecule has 0 saturated heterocycles. The van der Waals surface area contributed by atoms with Gasteiger partial charge in [0.2, 0.25) is 0 Å². The Kier molecular flexibility index (Phi) is 2.55. The van der Waals surface area contributed by atoms with Crippen molar-refractivity contribution < 1.29 is 0 Å². The molecule has 1 aromatic heterocycles. The van der Waals surface area contributed by atoms with Crippen LogP contribution in [-0.4, -0.2) is 4.98 Å². The maximum atomic E-state index is 6.04. The Labute approximate surface area is 119 Å². The number of aromatic nitrogens is 1. The molecule has 104 valence electrons. The first-order valence-corrected chi connectivity index (χ1v) is 8.64. The molecule has 19 heavy (non-hydrogen) atoms. The second kappa shape index (κ2) is 3.97. The highest BCUT2D eigenvalue weighted by Crippen LogP contribution is 2.61. The van der Waals surface area contributed by atoms with Crippen molar-refractivity contribution in [2.75, 3.05) is 5.73 Å². The summed E-state index contributed by atoms with van der Waals surface area (Å²) in [6, 6.07) is 0. The molecule has 4 fully saturated rings.